The predicted octanol–water partition coefficient (Wildman–Crippen LogP) is 2.11. The molecule has 2 aromatic rings. The number of carboxylic acid groups (broad SMARTS) is 1. The molecule has 7 heteroatoms. The number of aliphatic carboxylic acids is 1. The van der Waals surface area contributed by atoms with Crippen LogP contribution in [-0.2, 0) is 9.53 Å². The summed E-state index contributed by atoms with van der Waals surface area (Å²) in [5.41, 5.74) is 0.622. The fraction of sp³-hybridized carbons (Fsp3) is 0.429. The third kappa shape index (κ3) is 2.54. The topological polar surface area (TPSA) is 67.1 Å². The number of nitrogens with zero attached hydrogens (tertiary/aromatic N) is 3. The van der Waals surface area contributed by atoms with Gasteiger partial charge in [-0.15, -0.1) is 11.3 Å². The van der Waals surface area contributed by atoms with Crippen molar-refractivity contribution in [1.82, 2.24) is 9.38 Å². The summed E-state index contributed by atoms with van der Waals surface area (Å²) in [5.74, 6) is -0.153. The van der Waals surface area contributed by atoms with E-state index in [9.17, 15) is 4.79 Å². The van der Waals surface area contributed by atoms with Gasteiger partial charge in [0, 0.05) is 24.2 Å². The normalized spacial score (nSPS) is 18.7. The summed E-state index contributed by atoms with van der Waals surface area (Å²) < 4.78 is 7.47. The van der Waals surface area contributed by atoms with Gasteiger partial charge in [-0.2, -0.15) is 0 Å². The average molecular weight is 307 g/mol. The Labute approximate surface area is 126 Å². The van der Waals surface area contributed by atoms with Crippen LogP contribution in [0.5, 0.6) is 0 Å². The van der Waals surface area contributed by atoms with E-state index in [0.29, 0.717) is 13.2 Å². The Morgan fingerprint density at radius 1 is 1.57 bits per heavy atom. The molecule has 2 aromatic heterocycles. The molecule has 0 radical (unpaired) electrons. The van der Waals surface area contributed by atoms with Crippen LogP contribution >= 0.6 is 11.3 Å². The summed E-state index contributed by atoms with van der Waals surface area (Å²) in [6.07, 6.45) is 4.67. The van der Waals surface area contributed by atoms with Crippen LogP contribution in [0.4, 0.5) is 5.82 Å². The van der Waals surface area contributed by atoms with Crippen molar-refractivity contribution in [2.75, 3.05) is 24.7 Å². The predicted molar refractivity (Wildman–Crippen MR) is 82.0 cm³/mol. The second kappa shape index (κ2) is 5.16. The summed E-state index contributed by atoms with van der Waals surface area (Å²) in [7, 11) is 0. The molecule has 1 aliphatic heterocycles. The first-order valence-electron chi connectivity index (χ1n) is 6.71. The highest BCUT2D eigenvalue weighted by Gasteiger charge is 2.33. The number of thiazole rings is 1. The van der Waals surface area contributed by atoms with Gasteiger partial charge >= 0.3 is 5.97 Å². The highest BCUT2D eigenvalue weighted by Crippen LogP contribution is 2.32. The van der Waals surface area contributed by atoms with E-state index in [-0.39, 0.29) is 5.54 Å². The van der Waals surface area contributed by atoms with Gasteiger partial charge < -0.3 is 14.7 Å². The first kappa shape index (κ1) is 14.1. The molecule has 0 saturated carbocycles. The van der Waals surface area contributed by atoms with Gasteiger partial charge in [-0.25, -0.2) is 9.78 Å². The summed E-state index contributed by atoms with van der Waals surface area (Å²) in [6.45, 7) is 6.22. The van der Waals surface area contributed by atoms with E-state index >= 15 is 0 Å². The lowest BCUT2D eigenvalue weighted by molar-refractivity contribution is -0.131. The quantitative estimate of drug-likeness (QED) is 0.880. The smallest absolute Gasteiger partial charge is 0.328 e. The van der Waals surface area contributed by atoms with Gasteiger partial charge in [0.1, 0.15) is 0 Å². The zero-order valence-electron chi connectivity index (χ0n) is 11.9. The van der Waals surface area contributed by atoms with Crippen LogP contribution in [-0.4, -0.2) is 45.8 Å². The number of hydrogen-bond acceptors (Lipinski definition) is 5. The molecule has 0 amide bonds. The molecular formula is C14H17N3O3S. The van der Waals surface area contributed by atoms with E-state index in [2.05, 4.69) is 23.7 Å². The molecule has 1 N–H and O–H groups in total. The minimum absolute atomic E-state index is 0.173. The Morgan fingerprint density at radius 3 is 3.10 bits per heavy atom. The van der Waals surface area contributed by atoms with Crippen molar-refractivity contribution in [3.05, 3.63) is 23.3 Å². The molecule has 3 heterocycles. The molecule has 0 unspecified atom stereocenters. The molecule has 0 spiro atoms. The van der Waals surface area contributed by atoms with E-state index in [1.54, 1.807) is 6.08 Å². The zero-order chi connectivity index (χ0) is 15.0. The fourth-order valence-electron chi connectivity index (χ4n) is 2.55. The van der Waals surface area contributed by atoms with Gasteiger partial charge in [0.05, 0.1) is 24.4 Å². The molecular weight excluding hydrogens is 290 g/mol. The molecule has 6 nitrogen and oxygen atoms in total. The average Bonchev–Trinajstić information content (AvgIpc) is 2.96. The summed E-state index contributed by atoms with van der Waals surface area (Å²) in [5, 5.41) is 10.8. The second-order valence-corrected chi connectivity index (χ2v) is 6.44. The Hall–Kier alpha value is -1.86. The van der Waals surface area contributed by atoms with Crippen molar-refractivity contribution in [2.45, 2.75) is 19.4 Å². The van der Waals surface area contributed by atoms with Crippen LogP contribution in [0.2, 0.25) is 0 Å². The van der Waals surface area contributed by atoms with Gasteiger partial charge in [0.25, 0.3) is 0 Å². The Bertz CT molecular complexity index is 701. The summed E-state index contributed by atoms with van der Waals surface area (Å²) >= 11 is 1.53. The first-order chi connectivity index (χ1) is 9.99. The van der Waals surface area contributed by atoms with Crippen LogP contribution in [0, 0.1) is 0 Å². The maximum Gasteiger partial charge on any atom is 0.328 e. The molecule has 21 heavy (non-hydrogen) atoms. The van der Waals surface area contributed by atoms with E-state index in [1.807, 2.05) is 16.0 Å². The fourth-order valence-corrected chi connectivity index (χ4v) is 3.26. The maximum atomic E-state index is 10.8. The molecule has 0 bridgehead atoms. The minimum atomic E-state index is -0.965. The molecule has 1 aliphatic rings. The van der Waals surface area contributed by atoms with Crippen LogP contribution in [0.15, 0.2) is 17.7 Å². The number of imidazole rings is 1. The number of morpholine rings is 1. The van der Waals surface area contributed by atoms with Crippen molar-refractivity contribution in [3.8, 4) is 0 Å². The highest BCUT2D eigenvalue weighted by molar-refractivity contribution is 7.15. The maximum absolute atomic E-state index is 10.8. The monoisotopic (exact) mass is 307 g/mol. The largest absolute Gasteiger partial charge is 0.478 e. The van der Waals surface area contributed by atoms with Crippen LogP contribution in [0.3, 0.4) is 0 Å². The van der Waals surface area contributed by atoms with E-state index < -0.39 is 5.97 Å². The zero-order valence-corrected chi connectivity index (χ0v) is 12.8. The van der Waals surface area contributed by atoms with Gasteiger partial charge in [-0.1, -0.05) is 0 Å². The molecule has 1 saturated heterocycles. The Kier molecular flexibility index (Phi) is 3.46. The van der Waals surface area contributed by atoms with Crippen LogP contribution in [0.1, 0.15) is 19.5 Å². The Morgan fingerprint density at radius 2 is 2.38 bits per heavy atom. The number of anilines is 1. The van der Waals surface area contributed by atoms with Crippen molar-refractivity contribution in [3.63, 3.8) is 0 Å². The number of rotatable bonds is 3. The van der Waals surface area contributed by atoms with Gasteiger partial charge in [-0.3, -0.25) is 4.40 Å². The standard InChI is InChI=1S/C14H17N3O3S/c1-14(2)9-20-7-5-17(14)12-10(3-4-11(18)19)16-6-8-21-13(16)15-12/h3-4,6,8H,5,7,9H2,1-2H3,(H,18,19). The SMILES string of the molecule is CC1(C)COCCN1c1nc2sccn2c1C=CC(=O)O. The van der Waals surface area contributed by atoms with E-state index in [4.69, 9.17) is 9.84 Å². The Balaban J connectivity index is 2.10. The van der Waals surface area contributed by atoms with Gasteiger partial charge in [-0.05, 0) is 19.9 Å². The van der Waals surface area contributed by atoms with Crippen LogP contribution < -0.4 is 4.90 Å². The lowest BCUT2D eigenvalue weighted by Crippen LogP contribution is -2.53. The van der Waals surface area contributed by atoms with Crippen molar-refractivity contribution >= 4 is 34.2 Å². The van der Waals surface area contributed by atoms with Gasteiger partial charge in [0.2, 0.25) is 0 Å². The molecule has 3 rings (SSSR count). The first-order valence-corrected chi connectivity index (χ1v) is 7.59. The summed E-state index contributed by atoms with van der Waals surface area (Å²) in [6, 6.07) is 0. The third-order valence-corrected chi connectivity index (χ3v) is 4.32. The number of ether oxygens (including phenoxy) is 1. The van der Waals surface area contributed by atoms with E-state index in [0.717, 1.165) is 29.1 Å². The highest BCUT2D eigenvalue weighted by atomic mass is 32.1. The number of carboxylic acids is 1. The van der Waals surface area contributed by atoms with Crippen molar-refractivity contribution < 1.29 is 14.6 Å². The van der Waals surface area contributed by atoms with Crippen molar-refractivity contribution in [1.29, 1.82) is 0 Å². The van der Waals surface area contributed by atoms with Gasteiger partial charge in [0.15, 0.2) is 10.8 Å². The van der Waals surface area contributed by atoms with E-state index in [1.165, 1.54) is 11.3 Å². The second-order valence-electron chi connectivity index (χ2n) is 5.56. The number of carbonyl (C=O) groups is 1. The van der Waals surface area contributed by atoms with Crippen LogP contribution in [0.25, 0.3) is 11.0 Å². The summed E-state index contributed by atoms with van der Waals surface area (Å²) in [4.78, 5) is 18.6. The third-order valence-electron chi connectivity index (χ3n) is 3.56. The molecule has 1 fully saturated rings. The minimum Gasteiger partial charge on any atom is -0.478 e. The lowest BCUT2D eigenvalue weighted by Gasteiger charge is -2.42. The molecule has 0 atom stereocenters. The molecule has 0 aliphatic carbocycles. The molecule has 0 aromatic carbocycles. The number of fused-ring (bicyclic) bond motifs is 1. The number of hydrogen-bond donors (Lipinski definition) is 1. The lowest BCUT2D eigenvalue weighted by atomic mass is 10.0. The van der Waals surface area contributed by atoms with Crippen molar-refractivity contribution in [2.24, 2.45) is 0 Å². The molecule has 112 valence electrons. The number of aromatic nitrogens is 2.